The topological polar surface area (TPSA) is 69.2 Å². The summed E-state index contributed by atoms with van der Waals surface area (Å²) in [5.74, 6) is -0.870. The Morgan fingerprint density at radius 2 is 1.94 bits per heavy atom. The van der Waals surface area contributed by atoms with Crippen LogP contribution in [0.1, 0.15) is 29.9 Å². The van der Waals surface area contributed by atoms with Gasteiger partial charge < -0.3 is 9.67 Å². The van der Waals surface area contributed by atoms with E-state index in [1.807, 2.05) is 41.0 Å². The highest BCUT2D eigenvalue weighted by Gasteiger charge is 2.20. The van der Waals surface area contributed by atoms with Crippen molar-refractivity contribution in [2.75, 3.05) is 12.4 Å². The van der Waals surface area contributed by atoms with Gasteiger partial charge in [0, 0.05) is 42.8 Å². The maximum atomic E-state index is 13.3. The molecule has 0 saturated carbocycles. The monoisotopic (exact) mass is 457 g/mol. The molecule has 0 aliphatic carbocycles. The van der Waals surface area contributed by atoms with Gasteiger partial charge in [-0.05, 0) is 28.7 Å². The SMILES string of the molecule is [3H]CC([3H])(C[3H])Cn1c(=O)n(C)c(=O)c2c(SCCCO)n(Cc3cccc4ccccc34)cc21. The normalized spacial score (nSPS) is 13.4. The van der Waals surface area contributed by atoms with E-state index >= 15 is 0 Å². The molecule has 168 valence electrons. The number of hydrogen-bond donors (Lipinski definition) is 1. The van der Waals surface area contributed by atoms with Crippen LogP contribution in [0.2, 0.25) is 0 Å². The van der Waals surface area contributed by atoms with Crippen LogP contribution in [0.3, 0.4) is 0 Å². The fourth-order valence-electron chi connectivity index (χ4n) is 3.96. The van der Waals surface area contributed by atoms with Crippen molar-refractivity contribution in [1.29, 1.82) is 0 Å². The molecule has 1 N–H and O–H groups in total. The molecule has 2 heterocycles. The van der Waals surface area contributed by atoms with E-state index in [1.165, 1.54) is 23.4 Å². The zero-order valence-corrected chi connectivity index (χ0v) is 18.9. The minimum absolute atomic E-state index is 0.0338. The van der Waals surface area contributed by atoms with Crippen molar-refractivity contribution in [2.24, 2.45) is 12.9 Å². The summed E-state index contributed by atoms with van der Waals surface area (Å²) in [6, 6.07) is 14.1. The number of aromatic nitrogens is 3. The molecule has 0 spiro atoms. The summed E-state index contributed by atoms with van der Waals surface area (Å²) >= 11 is 1.45. The van der Waals surface area contributed by atoms with Crippen molar-refractivity contribution in [3.05, 3.63) is 75.1 Å². The van der Waals surface area contributed by atoms with Crippen LogP contribution >= 0.6 is 11.8 Å². The number of rotatable bonds is 8. The second-order valence-electron chi connectivity index (χ2n) is 7.87. The molecule has 0 unspecified atom stereocenters. The van der Waals surface area contributed by atoms with E-state index in [0.29, 0.717) is 34.6 Å². The lowest BCUT2D eigenvalue weighted by Crippen LogP contribution is -2.38. The molecule has 0 amide bonds. The second-order valence-corrected chi connectivity index (χ2v) is 8.95. The standard InChI is InChI=1S/C25H29N3O3S/c1-17(2)14-28-21-16-27(15-19-10-6-9-18-8-4-5-11-20(18)19)24(32-13-7-12-29)22(21)23(30)26(3)25(28)31/h4-6,8-11,16-17,29H,7,12-15H2,1-3H3/i1T,2T,17T. The Labute approximate surface area is 195 Å². The largest absolute Gasteiger partial charge is 0.396 e. The van der Waals surface area contributed by atoms with Crippen molar-refractivity contribution < 1.29 is 9.22 Å². The maximum absolute atomic E-state index is 13.3. The average Bonchev–Trinajstić information content (AvgIpc) is 3.23. The number of thioether (sulfide) groups is 1. The first kappa shape index (κ1) is 18.8. The van der Waals surface area contributed by atoms with Gasteiger partial charge in [0.1, 0.15) is 0 Å². The van der Waals surface area contributed by atoms with E-state index in [4.69, 9.17) is 4.11 Å². The van der Waals surface area contributed by atoms with Crippen molar-refractivity contribution in [2.45, 2.75) is 38.3 Å². The lowest BCUT2D eigenvalue weighted by atomic mass is 10.0. The van der Waals surface area contributed by atoms with Gasteiger partial charge >= 0.3 is 5.69 Å². The van der Waals surface area contributed by atoms with E-state index in [9.17, 15) is 14.7 Å². The van der Waals surface area contributed by atoms with Crippen molar-refractivity contribution in [3.63, 3.8) is 0 Å². The fraction of sp³-hybridized carbons (Fsp3) is 0.360. The molecule has 6 nitrogen and oxygen atoms in total. The Hall–Kier alpha value is -2.77. The van der Waals surface area contributed by atoms with Crippen LogP contribution in [0.4, 0.5) is 0 Å². The average molecular weight is 458 g/mol. The second kappa shape index (κ2) is 9.38. The number of benzene rings is 2. The molecular weight excluding hydrogens is 422 g/mol. The molecule has 2 aromatic heterocycles. The number of aliphatic hydroxyl groups is 1. The molecule has 2 aromatic carbocycles. The fourth-order valence-corrected chi connectivity index (χ4v) is 5.05. The maximum Gasteiger partial charge on any atom is 0.331 e. The molecule has 0 atom stereocenters. The van der Waals surface area contributed by atoms with Crippen LogP contribution in [0.15, 0.2) is 63.3 Å². The van der Waals surface area contributed by atoms with Crippen LogP contribution in [0, 0.1) is 5.89 Å². The van der Waals surface area contributed by atoms with Gasteiger partial charge in [-0.3, -0.25) is 13.9 Å². The Bertz CT molecular complexity index is 1470. The summed E-state index contributed by atoms with van der Waals surface area (Å²) in [7, 11) is 1.41. The van der Waals surface area contributed by atoms with E-state index in [2.05, 4.69) is 6.07 Å². The molecule has 0 radical (unpaired) electrons. The number of hydrogen-bond acceptors (Lipinski definition) is 4. The van der Waals surface area contributed by atoms with Gasteiger partial charge in [0.25, 0.3) is 5.56 Å². The van der Waals surface area contributed by atoms with Crippen LogP contribution in [-0.2, 0) is 20.1 Å². The molecule has 0 saturated heterocycles. The van der Waals surface area contributed by atoms with Crippen LogP contribution in [0.5, 0.6) is 0 Å². The molecule has 0 aliphatic heterocycles. The van der Waals surface area contributed by atoms with Gasteiger partial charge in [-0.1, -0.05) is 56.3 Å². The third-order valence-electron chi connectivity index (χ3n) is 5.48. The van der Waals surface area contributed by atoms with Crippen LogP contribution in [0.25, 0.3) is 21.7 Å². The summed E-state index contributed by atoms with van der Waals surface area (Å²) in [6.45, 7) is -0.309. The molecule has 7 heteroatoms. The number of nitrogens with zero attached hydrogens (tertiary/aromatic N) is 3. The summed E-state index contributed by atoms with van der Waals surface area (Å²) in [4.78, 5) is 26.4. The summed E-state index contributed by atoms with van der Waals surface area (Å²) in [6.07, 6.45) is 2.33. The predicted octanol–water partition coefficient (Wildman–Crippen LogP) is 3.83. The predicted molar refractivity (Wildman–Crippen MR) is 132 cm³/mol. The van der Waals surface area contributed by atoms with E-state index in [1.54, 1.807) is 6.20 Å². The molecule has 32 heavy (non-hydrogen) atoms. The lowest BCUT2D eigenvalue weighted by molar-refractivity contribution is 0.296. The first-order valence-corrected chi connectivity index (χ1v) is 11.4. The highest BCUT2D eigenvalue weighted by Crippen LogP contribution is 2.30. The lowest BCUT2D eigenvalue weighted by Gasteiger charge is -2.12. The highest BCUT2D eigenvalue weighted by atomic mass is 32.2. The van der Waals surface area contributed by atoms with Crippen molar-refractivity contribution in [3.8, 4) is 0 Å². The number of aliphatic hydroxyl groups excluding tert-OH is 1. The highest BCUT2D eigenvalue weighted by molar-refractivity contribution is 7.99. The minimum Gasteiger partial charge on any atom is -0.396 e. The molecule has 4 aromatic rings. The summed E-state index contributed by atoms with van der Waals surface area (Å²) in [5, 5.41) is 12.6. The van der Waals surface area contributed by atoms with Crippen LogP contribution < -0.4 is 11.2 Å². The molecular formula is C25H29N3O3S. The zero-order valence-electron chi connectivity index (χ0n) is 21.1. The Kier molecular flexibility index (Phi) is 5.50. The van der Waals surface area contributed by atoms with E-state index in [0.717, 1.165) is 20.9 Å². The number of fused-ring (bicyclic) bond motifs is 2. The van der Waals surface area contributed by atoms with Gasteiger partial charge in [0.05, 0.1) is 15.9 Å². The van der Waals surface area contributed by atoms with Crippen molar-refractivity contribution >= 4 is 33.4 Å². The van der Waals surface area contributed by atoms with Crippen LogP contribution in [-0.4, -0.2) is 31.2 Å². The van der Waals surface area contributed by atoms with Gasteiger partial charge in [-0.2, -0.15) is 0 Å². The van der Waals surface area contributed by atoms with Gasteiger partial charge in [0.2, 0.25) is 0 Å². The Morgan fingerprint density at radius 3 is 2.72 bits per heavy atom. The summed E-state index contributed by atoms with van der Waals surface area (Å²) in [5.41, 5.74) is 0.487. The molecule has 4 rings (SSSR count). The summed E-state index contributed by atoms with van der Waals surface area (Å²) < 4.78 is 28.3. The molecule has 0 aliphatic rings. The molecule has 0 fully saturated rings. The van der Waals surface area contributed by atoms with Crippen molar-refractivity contribution in [1.82, 2.24) is 13.7 Å². The minimum atomic E-state index is -1.46. The third kappa shape index (κ3) is 4.14. The smallest absolute Gasteiger partial charge is 0.331 e. The molecule has 0 bridgehead atoms. The Morgan fingerprint density at radius 1 is 1.16 bits per heavy atom. The zero-order chi connectivity index (χ0) is 25.2. The Balaban J connectivity index is 1.95. The van der Waals surface area contributed by atoms with Gasteiger partial charge in [-0.25, -0.2) is 4.79 Å². The van der Waals surface area contributed by atoms with E-state index < -0.39 is 17.1 Å². The quantitative estimate of drug-likeness (QED) is 0.322. The van der Waals surface area contributed by atoms with E-state index in [-0.39, 0.29) is 27.0 Å². The third-order valence-corrected chi connectivity index (χ3v) is 6.68. The van der Waals surface area contributed by atoms with Gasteiger partial charge in [0.15, 0.2) is 0 Å². The first-order chi connectivity index (χ1) is 16.8. The van der Waals surface area contributed by atoms with Gasteiger partial charge in [-0.15, -0.1) is 11.8 Å². The first-order valence-electron chi connectivity index (χ1n) is 12.4.